The highest BCUT2D eigenvalue weighted by molar-refractivity contribution is 5.57. The van der Waals surface area contributed by atoms with Crippen LogP contribution in [-0.2, 0) is 12.8 Å². The molecular formula is C16H22F3NO. The molecule has 2 rings (SSSR count). The van der Waals surface area contributed by atoms with E-state index >= 15 is 0 Å². The van der Waals surface area contributed by atoms with Gasteiger partial charge in [0, 0.05) is 18.3 Å². The predicted octanol–water partition coefficient (Wildman–Crippen LogP) is 4.36. The van der Waals surface area contributed by atoms with Gasteiger partial charge in [0.2, 0.25) is 0 Å². The van der Waals surface area contributed by atoms with Gasteiger partial charge < -0.3 is 10.0 Å². The largest absolute Gasteiger partial charge is 0.418 e. The van der Waals surface area contributed by atoms with Crippen molar-refractivity contribution in [2.24, 2.45) is 0 Å². The summed E-state index contributed by atoms with van der Waals surface area (Å²) in [5.74, 6) is 0. The maximum absolute atomic E-state index is 13.3. The van der Waals surface area contributed by atoms with Crippen molar-refractivity contribution in [3.63, 3.8) is 0 Å². The Balaban J connectivity index is 2.41. The Bertz CT molecular complexity index is 471. The number of anilines is 1. The van der Waals surface area contributed by atoms with Crippen LogP contribution in [0.2, 0.25) is 0 Å². The zero-order valence-corrected chi connectivity index (χ0v) is 12.3. The number of hydrogen-bond donors (Lipinski definition) is 1. The van der Waals surface area contributed by atoms with E-state index < -0.39 is 11.7 Å². The first-order valence-electron chi connectivity index (χ1n) is 7.55. The zero-order chi connectivity index (χ0) is 15.5. The van der Waals surface area contributed by atoms with Crippen LogP contribution in [0, 0.1) is 0 Å². The smallest absolute Gasteiger partial charge is 0.392 e. The second-order valence-electron chi connectivity index (χ2n) is 5.64. The van der Waals surface area contributed by atoms with Crippen LogP contribution in [0.3, 0.4) is 0 Å². The topological polar surface area (TPSA) is 23.5 Å². The molecule has 0 bridgehead atoms. The molecule has 1 saturated heterocycles. The number of benzene rings is 1. The second-order valence-corrected chi connectivity index (χ2v) is 5.64. The SMILES string of the molecule is CCCC1CCCCN1c1ccc(CO)cc1C(F)(F)F. The lowest BCUT2D eigenvalue weighted by atomic mass is 9.96. The fourth-order valence-corrected chi connectivity index (χ4v) is 3.11. The molecule has 1 aromatic rings. The zero-order valence-electron chi connectivity index (χ0n) is 12.3. The lowest BCUT2D eigenvalue weighted by Crippen LogP contribution is -2.40. The van der Waals surface area contributed by atoms with Gasteiger partial charge in [-0.25, -0.2) is 0 Å². The van der Waals surface area contributed by atoms with Crippen molar-refractivity contribution >= 4 is 5.69 Å². The number of piperidine rings is 1. The molecule has 0 aromatic heterocycles. The Morgan fingerprint density at radius 1 is 1.29 bits per heavy atom. The van der Waals surface area contributed by atoms with E-state index in [9.17, 15) is 13.2 Å². The maximum atomic E-state index is 13.3. The summed E-state index contributed by atoms with van der Waals surface area (Å²) in [4.78, 5) is 1.91. The summed E-state index contributed by atoms with van der Waals surface area (Å²) >= 11 is 0. The molecule has 1 atom stereocenters. The minimum Gasteiger partial charge on any atom is -0.392 e. The Hall–Kier alpha value is -1.23. The molecule has 118 valence electrons. The van der Waals surface area contributed by atoms with E-state index in [2.05, 4.69) is 6.92 Å². The Labute approximate surface area is 123 Å². The van der Waals surface area contributed by atoms with Crippen LogP contribution in [0.25, 0.3) is 0 Å². The van der Waals surface area contributed by atoms with E-state index in [1.807, 2.05) is 4.90 Å². The number of rotatable bonds is 4. The van der Waals surface area contributed by atoms with Gasteiger partial charge >= 0.3 is 6.18 Å². The summed E-state index contributed by atoms with van der Waals surface area (Å²) < 4.78 is 40.0. The van der Waals surface area contributed by atoms with Crippen molar-refractivity contribution in [1.82, 2.24) is 0 Å². The first-order valence-corrected chi connectivity index (χ1v) is 7.55. The lowest BCUT2D eigenvalue weighted by molar-refractivity contribution is -0.137. The molecule has 21 heavy (non-hydrogen) atoms. The summed E-state index contributed by atoms with van der Waals surface area (Å²) in [5, 5.41) is 9.08. The van der Waals surface area contributed by atoms with Crippen LogP contribution in [0.5, 0.6) is 0 Å². The lowest BCUT2D eigenvalue weighted by Gasteiger charge is -2.39. The third-order valence-electron chi connectivity index (χ3n) is 4.11. The van der Waals surface area contributed by atoms with Gasteiger partial charge in [-0.2, -0.15) is 13.2 Å². The molecular weight excluding hydrogens is 279 g/mol. The van der Waals surface area contributed by atoms with E-state index in [1.165, 1.54) is 6.07 Å². The van der Waals surface area contributed by atoms with Crippen molar-refractivity contribution in [3.8, 4) is 0 Å². The average molecular weight is 301 g/mol. The molecule has 1 aliphatic rings. The number of alkyl halides is 3. The first kappa shape index (κ1) is 16.1. The quantitative estimate of drug-likeness (QED) is 0.893. The standard InChI is InChI=1S/C16H22F3NO/c1-2-5-13-6-3-4-9-20(13)15-8-7-12(11-21)10-14(15)16(17,18)19/h7-8,10,13,21H,2-6,9,11H2,1H3. The normalized spacial score (nSPS) is 19.9. The number of hydrogen-bond acceptors (Lipinski definition) is 2. The van der Waals surface area contributed by atoms with Gasteiger partial charge in [0.1, 0.15) is 0 Å². The highest BCUT2D eigenvalue weighted by Gasteiger charge is 2.36. The Morgan fingerprint density at radius 2 is 2.05 bits per heavy atom. The third-order valence-corrected chi connectivity index (χ3v) is 4.11. The molecule has 0 aliphatic carbocycles. The second kappa shape index (κ2) is 6.69. The van der Waals surface area contributed by atoms with Gasteiger partial charge in [0.05, 0.1) is 12.2 Å². The fraction of sp³-hybridized carbons (Fsp3) is 0.625. The van der Waals surface area contributed by atoms with Crippen LogP contribution >= 0.6 is 0 Å². The Kier molecular flexibility index (Phi) is 5.14. The number of aliphatic hydroxyl groups is 1. The van der Waals surface area contributed by atoms with Crippen molar-refractivity contribution in [3.05, 3.63) is 29.3 Å². The fourth-order valence-electron chi connectivity index (χ4n) is 3.11. The molecule has 1 aliphatic heterocycles. The van der Waals surface area contributed by atoms with E-state index in [0.717, 1.165) is 38.2 Å². The first-order chi connectivity index (χ1) is 9.97. The molecule has 1 N–H and O–H groups in total. The summed E-state index contributed by atoms with van der Waals surface area (Å²) in [6.45, 7) is 2.36. The van der Waals surface area contributed by atoms with Crippen LogP contribution < -0.4 is 4.90 Å². The van der Waals surface area contributed by atoms with Gasteiger partial charge in [-0.3, -0.25) is 0 Å². The molecule has 0 spiro atoms. The molecule has 0 radical (unpaired) electrons. The van der Waals surface area contributed by atoms with E-state index in [1.54, 1.807) is 6.07 Å². The summed E-state index contributed by atoms with van der Waals surface area (Å²) in [7, 11) is 0. The van der Waals surface area contributed by atoms with Crippen LogP contribution in [0.15, 0.2) is 18.2 Å². The molecule has 5 heteroatoms. The third kappa shape index (κ3) is 3.70. The van der Waals surface area contributed by atoms with Gasteiger partial charge in [0.25, 0.3) is 0 Å². The van der Waals surface area contributed by atoms with Crippen molar-refractivity contribution in [2.45, 2.75) is 57.9 Å². The van der Waals surface area contributed by atoms with Crippen LogP contribution in [-0.4, -0.2) is 17.7 Å². The van der Waals surface area contributed by atoms with Gasteiger partial charge in [0.15, 0.2) is 0 Å². The summed E-state index contributed by atoms with van der Waals surface area (Å²) in [5.41, 5.74) is -0.0648. The molecule has 1 heterocycles. The number of halogens is 3. The highest BCUT2D eigenvalue weighted by Crippen LogP contribution is 2.39. The summed E-state index contributed by atoms with van der Waals surface area (Å²) in [6.07, 6.45) is 0.453. The van der Waals surface area contributed by atoms with E-state index in [-0.39, 0.29) is 18.3 Å². The Morgan fingerprint density at radius 3 is 2.67 bits per heavy atom. The molecule has 1 aromatic carbocycles. The van der Waals surface area contributed by atoms with Crippen molar-refractivity contribution in [2.75, 3.05) is 11.4 Å². The van der Waals surface area contributed by atoms with Gasteiger partial charge in [-0.15, -0.1) is 0 Å². The van der Waals surface area contributed by atoms with Gasteiger partial charge in [-0.1, -0.05) is 19.4 Å². The maximum Gasteiger partial charge on any atom is 0.418 e. The minimum atomic E-state index is -4.39. The molecule has 0 saturated carbocycles. The molecule has 1 unspecified atom stereocenters. The monoisotopic (exact) mass is 301 g/mol. The average Bonchev–Trinajstić information content (AvgIpc) is 2.47. The van der Waals surface area contributed by atoms with Crippen LogP contribution in [0.1, 0.15) is 50.2 Å². The predicted molar refractivity (Wildman–Crippen MR) is 77.3 cm³/mol. The summed E-state index contributed by atoms with van der Waals surface area (Å²) in [6, 6.07) is 4.36. The molecule has 0 amide bonds. The molecule has 1 fully saturated rings. The van der Waals surface area contributed by atoms with E-state index in [4.69, 9.17) is 5.11 Å². The van der Waals surface area contributed by atoms with Gasteiger partial charge in [-0.05, 0) is 43.4 Å². The number of aliphatic hydroxyl groups excluding tert-OH is 1. The van der Waals surface area contributed by atoms with E-state index in [0.29, 0.717) is 12.1 Å². The minimum absolute atomic E-state index is 0.185. The van der Waals surface area contributed by atoms with Crippen molar-refractivity contribution in [1.29, 1.82) is 0 Å². The molecule has 2 nitrogen and oxygen atoms in total. The van der Waals surface area contributed by atoms with Crippen molar-refractivity contribution < 1.29 is 18.3 Å². The van der Waals surface area contributed by atoms with Crippen LogP contribution in [0.4, 0.5) is 18.9 Å². The number of nitrogens with zero attached hydrogens (tertiary/aromatic N) is 1. The highest BCUT2D eigenvalue weighted by atomic mass is 19.4.